The lowest BCUT2D eigenvalue weighted by Crippen LogP contribution is -2.38. The van der Waals surface area contributed by atoms with Crippen molar-refractivity contribution in [1.82, 2.24) is 5.43 Å². The predicted octanol–water partition coefficient (Wildman–Crippen LogP) is 4.15. The van der Waals surface area contributed by atoms with E-state index in [0.717, 1.165) is 19.3 Å². The van der Waals surface area contributed by atoms with E-state index >= 15 is 0 Å². The zero-order valence-corrected chi connectivity index (χ0v) is 13.9. The Bertz CT molecular complexity index is 365. The van der Waals surface area contributed by atoms with Crippen LogP contribution in [0, 0.1) is 11.3 Å². The van der Waals surface area contributed by atoms with Gasteiger partial charge in [-0.1, -0.05) is 34.6 Å². The summed E-state index contributed by atoms with van der Waals surface area (Å²) in [5.74, 6) is 6.43. The molecule has 110 valence electrons. The van der Waals surface area contributed by atoms with Crippen LogP contribution in [-0.4, -0.2) is 6.04 Å². The fraction of sp³-hybridized carbons (Fsp3) is 0.750. The molecule has 1 aromatic heterocycles. The van der Waals surface area contributed by atoms with Gasteiger partial charge in [0.05, 0.1) is 0 Å². The lowest BCUT2D eigenvalue weighted by atomic mass is 9.82. The molecular weight excluding hydrogens is 252 g/mol. The molecule has 0 aliphatic heterocycles. The monoisotopic (exact) mass is 282 g/mol. The van der Waals surface area contributed by atoms with Gasteiger partial charge < -0.3 is 0 Å². The first-order valence-electron chi connectivity index (χ1n) is 7.37. The Morgan fingerprint density at radius 3 is 2.37 bits per heavy atom. The summed E-state index contributed by atoms with van der Waals surface area (Å²) in [4.78, 5) is 2.91. The minimum absolute atomic E-state index is 0.390. The maximum atomic E-state index is 5.73. The molecule has 1 aromatic rings. The maximum Gasteiger partial charge on any atom is 0.0261 e. The molecular formula is C16H30N2S. The molecule has 2 unspecified atom stereocenters. The number of hydrogen-bond acceptors (Lipinski definition) is 3. The van der Waals surface area contributed by atoms with E-state index in [4.69, 9.17) is 5.84 Å². The standard InChI is InChI=1S/C16H30N2S/c1-6-14-7-8-15(19-14)10-13(18-17)9-12(2)11-16(3,4)5/h7-8,12-13,18H,6,9-11,17H2,1-5H3. The normalized spacial score (nSPS) is 15.5. The third-order valence-corrected chi connectivity index (χ3v) is 4.65. The van der Waals surface area contributed by atoms with E-state index in [1.165, 1.54) is 16.2 Å². The molecule has 0 aliphatic rings. The van der Waals surface area contributed by atoms with Crippen molar-refractivity contribution in [2.75, 3.05) is 0 Å². The van der Waals surface area contributed by atoms with Crippen LogP contribution < -0.4 is 11.3 Å². The number of thiophene rings is 1. The molecule has 0 amide bonds. The highest BCUT2D eigenvalue weighted by atomic mass is 32.1. The zero-order chi connectivity index (χ0) is 14.5. The van der Waals surface area contributed by atoms with E-state index in [9.17, 15) is 0 Å². The molecule has 0 bridgehead atoms. The molecule has 3 heteroatoms. The number of hydrazine groups is 1. The highest BCUT2D eigenvalue weighted by Gasteiger charge is 2.19. The number of rotatable bonds is 7. The van der Waals surface area contributed by atoms with Gasteiger partial charge in [0.25, 0.3) is 0 Å². The van der Waals surface area contributed by atoms with Gasteiger partial charge in [-0.05, 0) is 49.1 Å². The van der Waals surface area contributed by atoms with Gasteiger partial charge in [0, 0.05) is 15.8 Å². The fourth-order valence-electron chi connectivity index (χ4n) is 2.79. The summed E-state index contributed by atoms with van der Waals surface area (Å²) in [6.07, 6.45) is 4.57. The zero-order valence-electron chi connectivity index (χ0n) is 13.1. The molecule has 0 aliphatic carbocycles. The summed E-state index contributed by atoms with van der Waals surface area (Å²) in [6.45, 7) is 11.5. The lowest BCUT2D eigenvalue weighted by Gasteiger charge is -2.26. The summed E-state index contributed by atoms with van der Waals surface area (Å²) in [5.41, 5.74) is 3.40. The van der Waals surface area contributed by atoms with Crippen LogP contribution >= 0.6 is 11.3 Å². The first-order valence-corrected chi connectivity index (χ1v) is 8.19. The van der Waals surface area contributed by atoms with Crippen LogP contribution in [0.4, 0.5) is 0 Å². The molecule has 3 N–H and O–H groups in total. The number of nitrogens with two attached hydrogens (primary N) is 1. The Balaban J connectivity index is 2.49. The van der Waals surface area contributed by atoms with E-state index in [0.29, 0.717) is 17.4 Å². The van der Waals surface area contributed by atoms with Crippen LogP contribution in [0.25, 0.3) is 0 Å². The lowest BCUT2D eigenvalue weighted by molar-refractivity contribution is 0.275. The average Bonchev–Trinajstić information content (AvgIpc) is 2.73. The summed E-state index contributed by atoms with van der Waals surface area (Å²) in [5, 5.41) is 0. The summed E-state index contributed by atoms with van der Waals surface area (Å²) < 4.78 is 0. The summed E-state index contributed by atoms with van der Waals surface area (Å²) in [6, 6.07) is 4.88. The number of nitrogens with one attached hydrogen (secondary N) is 1. The highest BCUT2D eigenvalue weighted by molar-refractivity contribution is 7.11. The molecule has 0 fully saturated rings. The minimum atomic E-state index is 0.390. The Hall–Kier alpha value is -0.380. The second-order valence-corrected chi connectivity index (χ2v) is 8.15. The van der Waals surface area contributed by atoms with Crippen molar-refractivity contribution in [3.8, 4) is 0 Å². The second-order valence-electron chi connectivity index (χ2n) is 6.89. The Morgan fingerprint density at radius 1 is 1.26 bits per heavy atom. The Labute approximate surface area is 122 Å². The Kier molecular flexibility index (Phi) is 6.51. The molecule has 1 rings (SSSR count). The van der Waals surface area contributed by atoms with Crippen molar-refractivity contribution in [3.63, 3.8) is 0 Å². The van der Waals surface area contributed by atoms with Crippen LogP contribution in [0.5, 0.6) is 0 Å². The van der Waals surface area contributed by atoms with Crippen LogP contribution in [-0.2, 0) is 12.8 Å². The van der Waals surface area contributed by atoms with Crippen molar-refractivity contribution in [3.05, 3.63) is 21.9 Å². The number of aryl methyl sites for hydroxylation is 1. The largest absolute Gasteiger partial charge is 0.271 e. The van der Waals surface area contributed by atoms with Crippen molar-refractivity contribution in [2.45, 2.75) is 66.3 Å². The van der Waals surface area contributed by atoms with E-state index in [1.54, 1.807) is 0 Å². The van der Waals surface area contributed by atoms with Crippen molar-refractivity contribution in [2.24, 2.45) is 17.2 Å². The third-order valence-electron chi connectivity index (χ3n) is 3.40. The van der Waals surface area contributed by atoms with Gasteiger partial charge in [-0.3, -0.25) is 11.3 Å². The third kappa shape index (κ3) is 6.55. The van der Waals surface area contributed by atoms with E-state index in [1.807, 2.05) is 11.3 Å². The van der Waals surface area contributed by atoms with Crippen LogP contribution in [0.3, 0.4) is 0 Å². The topological polar surface area (TPSA) is 38.0 Å². The van der Waals surface area contributed by atoms with Crippen molar-refractivity contribution >= 4 is 11.3 Å². The van der Waals surface area contributed by atoms with Crippen LogP contribution in [0.2, 0.25) is 0 Å². The molecule has 19 heavy (non-hydrogen) atoms. The molecule has 0 radical (unpaired) electrons. The highest BCUT2D eigenvalue weighted by Crippen LogP contribution is 2.28. The summed E-state index contributed by atoms with van der Waals surface area (Å²) >= 11 is 1.92. The molecule has 0 saturated heterocycles. The van der Waals surface area contributed by atoms with Gasteiger partial charge in [0.1, 0.15) is 0 Å². The smallest absolute Gasteiger partial charge is 0.0261 e. The molecule has 0 saturated carbocycles. The molecule has 0 aromatic carbocycles. The second kappa shape index (κ2) is 7.41. The Morgan fingerprint density at radius 2 is 1.89 bits per heavy atom. The van der Waals surface area contributed by atoms with E-state index in [-0.39, 0.29) is 0 Å². The molecule has 2 nitrogen and oxygen atoms in total. The average molecular weight is 282 g/mol. The van der Waals surface area contributed by atoms with Crippen LogP contribution in [0.15, 0.2) is 12.1 Å². The first-order chi connectivity index (χ1) is 8.84. The number of hydrogen-bond donors (Lipinski definition) is 2. The summed E-state index contributed by atoms with van der Waals surface area (Å²) in [7, 11) is 0. The van der Waals surface area contributed by atoms with Gasteiger partial charge in [-0.15, -0.1) is 11.3 Å². The van der Waals surface area contributed by atoms with Gasteiger partial charge in [0.2, 0.25) is 0 Å². The quantitative estimate of drug-likeness (QED) is 0.582. The van der Waals surface area contributed by atoms with E-state index in [2.05, 4.69) is 52.2 Å². The molecule has 1 heterocycles. The molecule has 2 atom stereocenters. The first kappa shape index (κ1) is 16.7. The SMILES string of the molecule is CCc1ccc(CC(CC(C)CC(C)(C)C)NN)s1. The predicted molar refractivity (Wildman–Crippen MR) is 86.4 cm³/mol. The van der Waals surface area contributed by atoms with E-state index < -0.39 is 0 Å². The maximum absolute atomic E-state index is 5.73. The van der Waals surface area contributed by atoms with Crippen LogP contribution in [0.1, 0.15) is 57.2 Å². The fourth-order valence-corrected chi connectivity index (χ4v) is 3.83. The van der Waals surface area contributed by atoms with Crippen molar-refractivity contribution < 1.29 is 0 Å². The van der Waals surface area contributed by atoms with Crippen molar-refractivity contribution in [1.29, 1.82) is 0 Å². The molecule has 0 spiro atoms. The van der Waals surface area contributed by atoms with Gasteiger partial charge in [-0.2, -0.15) is 0 Å². The minimum Gasteiger partial charge on any atom is -0.271 e. The van der Waals surface area contributed by atoms with Gasteiger partial charge in [-0.25, -0.2) is 0 Å². The van der Waals surface area contributed by atoms with Gasteiger partial charge >= 0.3 is 0 Å². The van der Waals surface area contributed by atoms with Gasteiger partial charge in [0.15, 0.2) is 0 Å².